The van der Waals surface area contributed by atoms with Crippen molar-refractivity contribution in [3.8, 4) is 0 Å². The van der Waals surface area contributed by atoms with Crippen molar-refractivity contribution in [3.05, 3.63) is 23.5 Å². The third-order valence-corrected chi connectivity index (χ3v) is 1.63. The molecular formula is C9H13NO2. The van der Waals surface area contributed by atoms with Crippen LogP contribution in [0.5, 0.6) is 0 Å². The molecule has 0 unspecified atom stereocenters. The Bertz CT molecular complexity index is 265. The van der Waals surface area contributed by atoms with Crippen LogP contribution in [-0.2, 0) is 11.2 Å². The van der Waals surface area contributed by atoms with Gasteiger partial charge in [-0.1, -0.05) is 6.92 Å². The molecular weight excluding hydrogens is 154 g/mol. The van der Waals surface area contributed by atoms with E-state index < -0.39 is 0 Å². The molecule has 66 valence electrons. The Morgan fingerprint density at radius 2 is 2.33 bits per heavy atom. The fourth-order valence-electron chi connectivity index (χ4n) is 0.978. The van der Waals surface area contributed by atoms with Gasteiger partial charge in [-0.15, -0.1) is 0 Å². The molecule has 1 N–H and O–H groups in total. The van der Waals surface area contributed by atoms with Crippen LogP contribution >= 0.6 is 0 Å². The maximum absolute atomic E-state index is 11.1. The predicted molar refractivity (Wildman–Crippen MR) is 46.1 cm³/mol. The number of aryl methyl sites for hydroxylation is 1. The second-order valence-electron chi connectivity index (χ2n) is 2.49. The summed E-state index contributed by atoms with van der Waals surface area (Å²) in [4.78, 5) is 14.1. The lowest BCUT2D eigenvalue weighted by Crippen LogP contribution is -2.02. The van der Waals surface area contributed by atoms with Crippen molar-refractivity contribution in [2.75, 3.05) is 6.61 Å². The number of hydrogen-bond donors (Lipinski definition) is 1. The van der Waals surface area contributed by atoms with Crippen molar-refractivity contribution in [1.29, 1.82) is 0 Å². The fraction of sp³-hybridized carbons (Fsp3) is 0.444. The number of carbonyl (C=O) groups is 1. The number of nitrogens with one attached hydrogen (secondary N) is 1. The molecule has 0 fully saturated rings. The van der Waals surface area contributed by atoms with Gasteiger partial charge in [0.05, 0.1) is 12.2 Å². The third-order valence-electron chi connectivity index (χ3n) is 1.63. The Morgan fingerprint density at radius 1 is 1.58 bits per heavy atom. The normalized spacial score (nSPS) is 9.83. The molecule has 3 heteroatoms. The molecule has 1 aromatic rings. The number of hydrogen-bond acceptors (Lipinski definition) is 2. The van der Waals surface area contributed by atoms with Crippen molar-refractivity contribution in [2.24, 2.45) is 0 Å². The first-order valence-corrected chi connectivity index (χ1v) is 4.12. The number of esters is 1. The Balaban J connectivity index is 2.68. The summed E-state index contributed by atoms with van der Waals surface area (Å²) >= 11 is 0. The van der Waals surface area contributed by atoms with Gasteiger partial charge in [0.1, 0.15) is 0 Å². The van der Waals surface area contributed by atoms with Gasteiger partial charge >= 0.3 is 5.97 Å². The highest BCUT2D eigenvalue weighted by atomic mass is 16.5. The van der Waals surface area contributed by atoms with Crippen LogP contribution in [0.15, 0.2) is 12.3 Å². The molecule has 3 nitrogen and oxygen atoms in total. The molecule has 1 rings (SSSR count). The number of rotatable bonds is 3. The van der Waals surface area contributed by atoms with Gasteiger partial charge in [0.15, 0.2) is 0 Å². The topological polar surface area (TPSA) is 42.1 Å². The average molecular weight is 167 g/mol. The number of H-pyrrole nitrogens is 1. The molecule has 0 spiro atoms. The molecule has 0 saturated carbocycles. The summed E-state index contributed by atoms with van der Waals surface area (Å²) in [6.45, 7) is 4.25. The quantitative estimate of drug-likeness (QED) is 0.697. The van der Waals surface area contributed by atoms with Crippen LogP contribution < -0.4 is 0 Å². The van der Waals surface area contributed by atoms with Crippen molar-refractivity contribution >= 4 is 5.97 Å². The van der Waals surface area contributed by atoms with Crippen molar-refractivity contribution in [2.45, 2.75) is 20.3 Å². The van der Waals surface area contributed by atoms with E-state index in [0.29, 0.717) is 12.2 Å². The molecule has 0 aliphatic carbocycles. The minimum absolute atomic E-state index is 0.256. The largest absolute Gasteiger partial charge is 0.462 e. The number of carbonyl (C=O) groups excluding carboxylic acids is 1. The molecule has 0 aromatic carbocycles. The third kappa shape index (κ3) is 1.87. The van der Waals surface area contributed by atoms with Crippen LogP contribution in [0.1, 0.15) is 29.9 Å². The van der Waals surface area contributed by atoms with E-state index in [1.54, 1.807) is 13.1 Å². The van der Waals surface area contributed by atoms with Gasteiger partial charge in [-0.25, -0.2) is 4.79 Å². The van der Waals surface area contributed by atoms with E-state index in [0.717, 1.165) is 12.1 Å². The molecule has 0 amide bonds. The summed E-state index contributed by atoms with van der Waals surface area (Å²) in [5.41, 5.74) is 1.66. The monoisotopic (exact) mass is 167 g/mol. The maximum Gasteiger partial charge on any atom is 0.339 e. The summed E-state index contributed by atoms with van der Waals surface area (Å²) in [6.07, 6.45) is 2.58. The van der Waals surface area contributed by atoms with Crippen molar-refractivity contribution < 1.29 is 9.53 Å². The number of ether oxygens (including phenoxy) is 1. The van der Waals surface area contributed by atoms with E-state index >= 15 is 0 Å². The molecule has 1 aromatic heterocycles. The van der Waals surface area contributed by atoms with Crippen LogP contribution in [-0.4, -0.2) is 17.6 Å². The first-order chi connectivity index (χ1) is 5.77. The molecule has 0 radical (unpaired) electrons. The van der Waals surface area contributed by atoms with E-state index in [4.69, 9.17) is 4.74 Å². The van der Waals surface area contributed by atoms with E-state index in [1.807, 2.05) is 13.0 Å². The average Bonchev–Trinajstić information content (AvgIpc) is 2.52. The van der Waals surface area contributed by atoms with E-state index in [-0.39, 0.29) is 5.97 Å². The highest BCUT2D eigenvalue weighted by molar-refractivity contribution is 5.89. The van der Waals surface area contributed by atoms with Crippen LogP contribution in [0, 0.1) is 0 Å². The second-order valence-corrected chi connectivity index (χ2v) is 2.49. The van der Waals surface area contributed by atoms with Gasteiger partial charge in [0.25, 0.3) is 0 Å². The van der Waals surface area contributed by atoms with Crippen LogP contribution in [0.3, 0.4) is 0 Å². The van der Waals surface area contributed by atoms with E-state index in [9.17, 15) is 4.79 Å². The van der Waals surface area contributed by atoms with Gasteiger partial charge in [0.2, 0.25) is 0 Å². The lowest BCUT2D eigenvalue weighted by Gasteiger charge is -1.96. The zero-order chi connectivity index (χ0) is 8.97. The minimum Gasteiger partial charge on any atom is -0.462 e. The standard InChI is InChI=1S/C9H13NO2/c1-3-8-5-7(6-10-8)9(11)12-4-2/h5-6,10H,3-4H2,1-2H3. The summed E-state index contributed by atoms with van der Waals surface area (Å²) in [7, 11) is 0. The highest BCUT2D eigenvalue weighted by Crippen LogP contribution is 2.05. The first kappa shape index (κ1) is 8.84. The number of aromatic amines is 1. The van der Waals surface area contributed by atoms with Gasteiger partial charge < -0.3 is 9.72 Å². The SMILES string of the molecule is CCOC(=O)c1c[nH]c(CC)c1. The zero-order valence-electron chi connectivity index (χ0n) is 7.39. The molecule has 0 saturated heterocycles. The summed E-state index contributed by atoms with van der Waals surface area (Å²) in [5, 5.41) is 0. The Kier molecular flexibility index (Phi) is 2.91. The molecule has 0 aliphatic heterocycles. The second kappa shape index (κ2) is 3.95. The van der Waals surface area contributed by atoms with Crippen LogP contribution in [0.4, 0.5) is 0 Å². The first-order valence-electron chi connectivity index (χ1n) is 4.12. The van der Waals surface area contributed by atoms with Crippen LogP contribution in [0.25, 0.3) is 0 Å². The van der Waals surface area contributed by atoms with Gasteiger partial charge in [-0.2, -0.15) is 0 Å². The molecule has 0 atom stereocenters. The highest BCUT2D eigenvalue weighted by Gasteiger charge is 2.07. The predicted octanol–water partition coefficient (Wildman–Crippen LogP) is 1.75. The molecule has 0 aliphatic rings. The number of aromatic nitrogens is 1. The molecule has 0 bridgehead atoms. The zero-order valence-corrected chi connectivity index (χ0v) is 7.39. The Morgan fingerprint density at radius 3 is 2.83 bits per heavy atom. The fourth-order valence-corrected chi connectivity index (χ4v) is 0.978. The lowest BCUT2D eigenvalue weighted by molar-refractivity contribution is 0.0526. The smallest absolute Gasteiger partial charge is 0.339 e. The lowest BCUT2D eigenvalue weighted by atomic mass is 10.3. The van der Waals surface area contributed by atoms with Gasteiger partial charge in [-0.05, 0) is 19.4 Å². The molecule has 12 heavy (non-hydrogen) atoms. The summed E-state index contributed by atoms with van der Waals surface area (Å²) in [6, 6.07) is 1.82. The maximum atomic E-state index is 11.1. The van der Waals surface area contributed by atoms with Gasteiger partial charge in [-0.3, -0.25) is 0 Å². The minimum atomic E-state index is -0.256. The molecule has 1 heterocycles. The van der Waals surface area contributed by atoms with Crippen LogP contribution in [0.2, 0.25) is 0 Å². The van der Waals surface area contributed by atoms with Crippen molar-refractivity contribution in [3.63, 3.8) is 0 Å². The Labute approximate surface area is 71.7 Å². The Hall–Kier alpha value is -1.25. The summed E-state index contributed by atoms with van der Waals surface area (Å²) < 4.78 is 4.83. The van der Waals surface area contributed by atoms with Crippen molar-refractivity contribution in [1.82, 2.24) is 4.98 Å². The summed E-state index contributed by atoms with van der Waals surface area (Å²) in [5.74, 6) is -0.256. The van der Waals surface area contributed by atoms with E-state index in [1.165, 1.54) is 0 Å². The van der Waals surface area contributed by atoms with Gasteiger partial charge in [0, 0.05) is 11.9 Å². The van der Waals surface area contributed by atoms with E-state index in [2.05, 4.69) is 4.98 Å².